The fourth-order valence-corrected chi connectivity index (χ4v) is 6.14. The summed E-state index contributed by atoms with van der Waals surface area (Å²) in [6.07, 6.45) is 0. The van der Waals surface area contributed by atoms with Crippen molar-refractivity contribution in [3.05, 3.63) is 47.2 Å². The standard InChI is InChI=1S/C21H23N9O6S2/c1-22-19(35)25-20(36)24-12(10-6-4-3-5-7-10)15(31)23-13-16(32)30-14(18(33)34)11(8-37-17(13)30)9-38-21-26-27-28-29(21)2/h3-7,12-13,17H,8-9H2,1-2H3,(H,23,31)(H,33,34)(H3,22,24,25,35,36)/t12?,13?,17-/m0/s1. The molecular formula is C21H23N9O6S2. The van der Waals surface area contributed by atoms with Crippen LogP contribution >= 0.6 is 23.5 Å². The van der Waals surface area contributed by atoms with E-state index in [0.717, 1.165) is 4.90 Å². The van der Waals surface area contributed by atoms with E-state index in [1.807, 2.05) is 5.32 Å². The number of nitrogens with zero attached hydrogens (tertiary/aromatic N) is 5. The second kappa shape index (κ2) is 11.5. The van der Waals surface area contributed by atoms with E-state index in [1.165, 1.54) is 35.3 Å². The lowest BCUT2D eigenvalue weighted by Gasteiger charge is -2.49. The van der Waals surface area contributed by atoms with E-state index < -0.39 is 47.3 Å². The number of β-lactam (4-membered cyclic amide) rings is 1. The molecule has 5 N–H and O–H groups in total. The first kappa shape index (κ1) is 26.9. The van der Waals surface area contributed by atoms with Crippen molar-refractivity contribution in [2.75, 3.05) is 18.6 Å². The van der Waals surface area contributed by atoms with Crippen LogP contribution in [-0.4, -0.2) is 90.0 Å². The van der Waals surface area contributed by atoms with Gasteiger partial charge in [0.1, 0.15) is 23.2 Å². The zero-order chi connectivity index (χ0) is 27.4. The van der Waals surface area contributed by atoms with Crippen LogP contribution in [0.5, 0.6) is 0 Å². The summed E-state index contributed by atoms with van der Waals surface area (Å²) in [4.78, 5) is 63.3. The van der Waals surface area contributed by atoms with Crippen molar-refractivity contribution in [1.29, 1.82) is 0 Å². The highest BCUT2D eigenvalue weighted by molar-refractivity contribution is 8.01. The normalized spacial score (nSPS) is 19.1. The van der Waals surface area contributed by atoms with Crippen LogP contribution in [0.1, 0.15) is 11.6 Å². The first-order chi connectivity index (χ1) is 18.2. The minimum Gasteiger partial charge on any atom is -0.477 e. The number of thioether (sulfide) groups is 2. The number of carbonyl (C=O) groups excluding carboxylic acids is 4. The van der Waals surface area contributed by atoms with Crippen LogP contribution in [0, 0.1) is 0 Å². The maximum absolute atomic E-state index is 13.2. The number of carboxylic acids is 1. The summed E-state index contributed by atoms with van der Waals surface area (Å²) in [5.74, 6) is -1.96. The monoisotopic (exact) mass is 561 g/mol. The maximum Gasteiger partial charge on any atom is 0.352 e. The van der Waals surface area contributed by atoms with E-state index in [1.54, 1.807) is 37.4 Å². The topological polar surface area (TPSA) is 201 Å². The molecule has 4 rings (SSSR count). The molecule has 3 heterocycles. The Balaban J connectivity index is 1.48. The van der Waals surface area contributed by atoms with Crippen LogP contribution < -0.4 is 21.3 Å². The molecule has 6 amide bonds. The largest absolute Gasteiger partial charge is 0.477 e. The second-order valence-corrected chi connectivity index (χ2v) is 10.1. The van der Waals surface area contributed by atoms with Gasteiger partial charge in [0, 0.05) is 25.6 Å². The third-order valence-electron chi connectivity index (χ3n) is 5.63. The molecule has 2 aliphatic rings. The molecule has 0 radical (unpaired) electrons. The molecule has 38 heavy (non-hydrogen) atoms. The van der Waals surface area contributed by atoms with Gasteiger partial charge in [-0.25, -0.2) is 19.1 Å². The molecule has 1 saturated heterocycles. The highest BCUT2D eigenvalue weighted by atomic mass is 32.2. The molecule has 1 fully saturated rings. The molecule has 17 heteroatoms. The number of benzene rings is 1. The molecule has 200 valence electrons. The number of aliphatic carboxylic acids is 1. The van der Waals surface area contributed by atoms with Crippen molar-refractivity contribution in [2.45, 2.75) is 22.6 Å². The van der Waals surface area contributed by atoms with Gasteiger partial charge in [0.15, 0.2) is 0 Å². The van der Waals surface area contributed by atoms with Gasteiger partial charge in [-0.2, -0.15) is 0 Å². The van der Waals surface area contributed by atoms with Crippen molar-refractivity contribution in [3.63, 3.8) is 0 Å². The Morgan fingerprint density at radius 3 is 2.58 bits per heavy atom. The fourth-order valence-electron chi connectivity index (χ4n) is 3.80. The molecule has 0 saturated carbocycles. The third kappa shape index (κ3) is 5.57. The Morgan fingerprint density at radius 1 is 1.21 bits per heavy atom. The maximum atomic E-state index is 13.2. The number of hydrogen-bond acceptors (Lipinski definition) is 10. The fraction of sp³-hybridized carbons (Fsp3) is 0.333. The number of carbonyl (C=O) groups is 5. The molecule has 2 aliphatic heterocycles. The van der Waals surface area contributed by atoms with Gasteiger partial charge < -0.3 is 21.1 Å². The van der Waals surface area contributed by atoms with Crippen molar-refractivity contribution < 1.29 is 29.1 Å². The lowest BCUT2D eigenvalue weighted by atomic mass is 10.0. The van der Waals surface area contributed by atoms with Crippen molar-refractivity contribution in [1.82, 2.24) is 46.4 Å². The molecule has 0 spiro atoms. The highest BCUT2D eigenvalue weighted by Gasteiger charge is 2.54. The Bertz CT molecular complexity index is 1300. The third-order valence-corrected chi connectivity index (χ3v) is 8.07. The van der Waals surface area contributed by atoms with Gasteiger partial charge >= 0.3 is 18.0 Å². The van der Waals surface area contributed by atoms with Crippen LogP contribution in [0.3, 0.4) is 0 Å². The molecule has 3 atom stereocenters. The molecule has 1 aromatic heterocycles. The van der Waals surface area contributed by atoms with Crippen LogP contribution in [-0.2, 0) is 21.4 Å². The smallest absolute Gasteiger partial charge is 0.352 e. The van der Waals surface area contributed by atoms with Gasteiger partial charge in [-0.05, 0) is 21.6 Å². The van der Waals surface area contributed by atoms with Gasteiger partial charge in [0.25, 0.3) is 5.91 Å². The van der Waals surface area contributed by atoms with Gasteiger partial charge in [-0.15, -0.1) is 16.9 Å². The number of fused-ring (bicyclic) bond motifs is 1. The summed E-state index contributed by atoms with van der Waals surface area (Å²) in [5, 5.41) is 30.2. The Hall–Kier alpha value is -4.12. The quantitative estimate of drug-likeness (QED) is 0.204. The first-order valence-corrected chi connectivity index (χ1v) is 13.1. The first-order valence-electron chi connectivity index (χ1n) is 11.1. The van der Waals surface area contributed by atoms with Crippen molar-refractivity contribution in [3.8, 4) is 0 Å². The second-order valence-electron chi connectivity index (χ2n) is 8.05. The predicted molar refractivity (Wildman–Crippen MR) is 135 cm³/mol. The van der Waals surface area contributed by atoms with Gasteiger partial charge in [0.05, 0.1) is 0 Å². The molecule has 15 nitrogen and oxygen atoms in total. The van der Waals surface area contributed by atoms with Crippen molar-refractivity contribution >= 4 is 53.4 Å². The Morgan fingerprint density at radius 2 is 1.95 bits per heavy atom. The Kier molecular flexibility index (Phi) is 8.16. The van der Waals surface area contributed by atoms with Crippen LogP contribution in [0.4, 0.5) is 9.59 Å². The minimum atomic E-state index is -1.25. The van der Waals surface area contributed by atoms with E-state index >= 15 is 0 Å². The van der Waals surface area contributed by atoms with Gasteiger partial charge in [-0.3, -0.25) is 19.8 Å². The molecule has 2 aromatic rings. The summed E-state index contributed by atoms with van der Waals surface area (Å²) >= 11 is 2.56. The van der Waals surface area contributed by atoms with E-state index in [-0.39, 0.29) is 11.4 Å². The molecular weight excluding hydrogens is 538 g/mol. The molecule has 0 aliphatic carbocycles. The summed E-state index contributed by atoms with van der Waals surface area (Å²) in [7, 11) is 2.99. The molecule has 0 bridgehead atoms. The zero-order valence-corrected chi connectivity index (χ0v) is 21.7. The van der Waals surface area contributed by atoms with E-state index in [9.17, 15) is 29.1 Å². The number of aromatic nitrogens is 4. The van der Waals surface area contributed by atoms with E-state index in [4.69, 9.17) is 0 Å². The number of urea groups is 2. The Labute approximate surface area is 224 Å². The van der Waals surface area contributed by atoms with E-state index in [0.29, 0.717) is 22.0 Å². The van der Waals surface area contributed by atoms with Crippen molar-refractivity contribution in [2.24, 2.45) is 7.05 Å². The number of carboxylic acid groups (broad SMARTS) is 1. The number of hydrogen-bond donors (Lipinski definition) is 5. The van der Waals surface area contributed by atoms with Gasteiger partial charge in [0.2, 0.25) is 11.1 Å². The minimum absolute atomic E-state index is 0.130. The SMILES string of the molecule is CNC(=O)NC(=O)NC(C(=O)NC1C(=O)N2C(C(=O)O)=C(CSc3nnnn3C)CS[C@@H]12)c1ccccc1. The average Bonchev–Trinajstić information content (AvgIpc) is 3.32. The van der Waals surface area contributed by atoms with Crippen LogP contribution in [0.25, 0.3) is 0 Å². The van der Waals surface area contributed by atoms with Crippen LogP contribution in [0.2, 0.25) is 0 Å². The highest BCUT2D eigenvalue weighted by Crippen LogP contribution is 2.41. The molecule has 2 unspecified atom stereocenters. The summed E-state index contributed by atoms with van der Waals surface area (Å²) in [5.41, 5.74) is 0.815. The van der Waals surface area contributed by atoms with Crippen LogP contribution in [0.15, 0.2) is 46.8 Å². The predicted octanol–water partition coefficient (Wildman–Crippen LogP) is -0.579. The summed E-state index contributed by atoms with van der Waals surface area (Å²) < 4.78 is 1.46. The number of tetrazole rings is 1. The average molecular weight is 562 g/mol. The lowest BCUT2D eigenvalue weighted by molar-refractivity contribution is -0.151. The molecule has 1 aromatic carbocycles. The number of amides is 6. The van der Waals surface area contributed by atoms with Gasteiger partial charge in [-0.1, -0.05) is 42.1 Å². The summed E-state index contributed by atoms with van der Waals surface area (Å²) in [6, 6.07) is 4.36. The number of imide groups is 1. The van der Waals surface area contributed by atoms with E-state index in [2.05, 4.69) is 31.5 Å². The summed E-state index contributed by atoms with van der Waals surface area (Å²) in [6.45, 7) is 0. The number of aryl methyl sites for hydroxylation is 1. The zero-order valence-electron chi connectivity index (χ0n) is 20.1. The lowest BCUT2D eigenvalue weighted by Crippen LogP contribution is -2.71. The number of nitrogens with one attached hydrogen (secondary N) is 4. The number of rotatable bonds is 8.